The smallest absolute Gasteiger partial charge is 0.227 e. The Morgan fingerprint density at radius 1 is 1.05 bits per heavy atom. The minimum absolute atomic E-state index is 0.334. The molecule has 19 heavy (non-hydrogen) atoms. The second-order valence-electron chi connectivity index (χ2n) is 4.44. The fourth-order valence-corrected chi connectivity index (χ4v) is 2.38. The molecule has 3 nitrogen and oxygen atoms in total. The van der Waals surface area contributed by atoms with Crippen molar-refractivity contribution in [3.8, 4) is 0 Å². The maximum absolute atomic E-state index is 11.7. The quantitative estimate of drug-likeness (QED) is 0.303. The van der Waals surface area contributed by atoms with E-state index in [1.54, 1.807) is 12.1 Å². The third-order valence-electron chi connectivity index (χ3n) is 3.35. The number of fused-ring (bicyclic) bond motifs is 2. The number of nitrogens with zero attached hydrogens (tertiary/aromatic N) is 1. The number of hydrogen-bond acceptors (Lipinski definition) is 3. The summed E-state index contributed by atoms with van der Waals surface area (Å²) in [5, 5.41) is 1.97. The van der Waals surface area contributed by atoms with Crippen LogP contribution in [0.15, 0.2) is 42.5 Å². The Hall–Kier alpha value is -2.55. The molecular formula is C16H11NO2. The summed E-state index contributed by atoms with van der Waals surface area (Å²) in [4.78, 5) is 26.9. The number of aryl methyl sites for hydroxylation is 1. The largest absolute Gasteiger partial charge is 0.294 e. The number of aromatic nitrogens is 1. The number of carbonyl (C=O) groups is 2. The molecule has 1 heterocycles. The predicted molar refractivity (Wildman–Crippen MR) is 74.4 cm³/mol. The normalized spacial score (nSPS) is 10.8. The molecule has 3 heteroatoms. The molecule has 2 aromatic carbocycles. The molecule has 1 aromatic heterocycles. The first-order chi connectivity index (χ1) is 9.22. The van der Waals surface area contributed by atoms with Crippen molar-refractivity contribution in [1.29, 1.82) is 0 Å². The van der Waals surface area contributed by atoms with Crippen LogP contribution in [-0.4, -0.2) is 17.1 Å². The van der Waals surface area contributed by atoms with Crippen LogP contribution < -0.4 is 0 Å². The minimum atomic E-state index is -0.534. The van der Waals surface area contributed by atoms with E-state index in [1.165, 1.54) is 0 Å². The Bertz CT molecular complexity index is 821. The summed E-state index contributed by atoms with van der Waals surface area (Å²) >= 11 is 0. The fraction of sp³-hybridized carbons (Fsp3) is 0.0625. The number of benzene rings is 2. The van der Waals surface area contributed by atoms with Gasteiger partial charge in [-0.2, -0.15) is 0 Å². The highest BCUT2D eigenvalue weighted by molar-refractivity contribution is 6.36. The molecule has 0 spiro atoms. The van der Waals surface area contributed by atoms with E-state index in [0.717, 1.165) is 21.9 Å². The van der Waals surface area contributed by atoms with Gasteiger partial charge in [-0.3, -0.25) is 9.59 Å². The van der Waals surface area contributed by atoms with Gasteiger partial charge in [-0.25, -0.2) is 4.98 Å². The SMILES string of the molecule is Cc1c2ccccc2nc2c(C(=O)C=O)cccc12. The van der Waals surface area contributed by atoms with Crippen LogP contribution in [0.1, 0.15) is 15.9 Å². The van der Waals surface area contributed by atoms with Crippen LogP contribution in [0.2, 0.25) is 0 Å². The first-order valence-corrected chi connectivity index (χ1v) is 6.00. The number of rotatable bonds is 2. The third kappa shape index (κ3) is 1.71. The second kappa shape index (κ2) is 4.28. The molecule has 0 aliphatic heterocycles. The highest BCUT2D eigenvalue weighted by atomic mass is 16.2. The lowest BCUT2D eigenvalue weighted by atomic mass is 10.00. The number of para-hydroxylation sites is 2. The molecule has 0 N–H and O–H groups in total. The van der Waals surface area contributed by atoms with Crippen LogP contribution in [0.4, 0.5) is 0 Å². The van der Waals surface area contributed by atoms with Crippen molar-refractivity contribution in [3.05, 3.63) is 53.6 Å². The highest BCUT2D eigenvalue weighted by Crippen LogP contribution is 2.27. The number of Topliss-reactive ketones (excluding diaryl/α,β-unsaturated/α-hetero) is 1. The van der Waals surface area contributed by atoms with Crippen molar-refractivity contribution in [2.45, 2.75) is 6.92 Å². The van der Waals surface area contributed by atoms with Crippen molar-refractivity contribution in [1.82, 2.24) is 4.98 Å². The molecule has 0 radical (unpaired) electrons. The Morgan fingerprint density at radius 2 is 1.79 bits per heavy atom. The molecule has 0 aliphatic carbocycles. The van der Waals surface area contributed by atoms with Gasteiger partial charge in [0.05, 0.1) is 16.6 Å². The fourth-order valence-electron chi connectivity index (χ4n) is 2.38. The second-order valence-corrected chi connectivity index (χ2v) is 4.44. The molecule has 0 saturated carbocycles. The summed E-state index contributed by atoms with van der Waals surface area (Å²) in [5.74, 6) is -0.534. The third-order valence-corrected chi connectivity index (χ3v) is 3.35. The maximum Gasteiger partial charge on any atom is 0.227 e. The van der Waals surface area contributed by atoms with Crippen LogP contribution in [-0.2, 0) is 4.79 Å². The maximum atomic E-state index is 11.7. The van der Waals surface area contributed by atoms with Gasteiger partial charge in [-0.05, 0) is 24.6 Å². The zero-order chi connectivity index (χ0) is 13.4. The molecule has 3 rings (SSSR count). The van der Waals surface area contributed by atoms with Crippen molar-refractivity contribution < 1.29 is 9.59 Å². The molecule has 0 saturated heterocycles. The van der Waals surface area contributed by atoms with Gasteiger partial charge in [-0.1, -0.05) is 30.3 Å². The summed E-state index contributed by atoms with van der Waals surface area (Å²) in [6.45, 7) is 2.00. The van der Waals surface area contributed by atoms with E-state index >= 15 is 0 Å². The van der Waals surface area contributed by atoms with Crippen molar-refractivity contribution >= 4 is 33.9 Å². The van der Waals surface area contributed by atoms with Gasteiger partial charge < -0.3 is 0 Å². The average Bonchev–Trinajstić information content (AvgIpc) is 2.46. The molecule has 0 unspecified atom stereocenters. The van der Waals surface area contributed by atoms with Gasteiger partial charge in [0.15, 0.2) is 6.29 Å². The minimum Gasteiger partial charge on any atom is -0.294 e. The van der Waals surface area contributed by atoms with Gasteiger partial charge in [-0.15, -0.1) is 0 Å². The van der Waals surface area contributed by atoms with Crippen LogP contribution in [0, 0.1) is 6.92 Å². The Labute approximate surface area is 109 Å². The van der Waals surface area contributed by atoms with Gasteiger partial charge in [0, 0.05) is 10.8 Å². The number of hydrogen-bond donors (Lipinski definition) is 0. The topological polar surface area (TPSA) is 47.0 Å². The van der Waals surface area contributed by atoms with E-state index in [1.807, 2.05) is 37.3 Å². The van der Waals surface area contributed by atoms with E-state index in [2.05, 4.69) is 4.98 Å². The van der Waals surface area contributed by atoms with Crippen LogP contribution in [0.3, 0.4) is 0 Å². The molecule has 0 aliphatic rings. The van der Waals surface area contributed by atoms with Crippen molar-refractivity contribution in [2.75, 3.05) is 0 Å². The first-order valence-electron chi connectivity index (χ1n) is 6.00. The summed E-state index contributed by atoms with van der Waals surface area (Å²) in [6, 6.07) is 13.1. The monoisotopic (exact) mass is 249 g/mol. The Balaban J connectivity index is 2.51. The van der Waals surface area contributed by atoms with E-state index in [4.69, 9.17) is 0 Å². The van der Waals surface area contributed by atoms with Crippen LogP contribution in [0.25, 0.3) is 21.8 Å². The lowest BCUT2D eigenvalue weighted by Crippen LogP contribution is -2.02. The molecule has 0 atom stereocenters. The standard InChI is InChI=1S/C16H11NO2/c1-10-11-5-2-3-8-14(11)17-16-12(10)6-4-7-13(16)15(19)9-18/h2-9H,1H3. The number of pyridine rings is 1. The molecule has 0 amide bonds. The lowest BCUT2D eigenvalue weighted by Gasteiger charge is -2.08. The average molecular weight is 249 g/mol. The number of aldehydes is 1. The van der Waals surface area contributed by atoms with Crippen LogP contribution in [0.5, 0.6) is 0 Å². The van der Waals surface area contributed by atoms with Gasteiger partial charge in [0.2, 0.25) is 5.78 Å². The number of carbonyl (C=O) groups excluding carboxylic acids is 2. The van der Waals surface area contributed by atoms with E-state index in [0.29, 0.717) is 17.4 Å². The predicted octanol–water partition coefficient (Wildman–Crippen LogP) is 3.08. The summed E-state index contributed by atoms with van der Waals surface area (Å²) in [6.07, 6.45) is 0.334. The Kier molecular flexibility index (Phi) is 2.60. The van der Waals surface area contributed by atoms with Gasteiger partial charge >= 0.3 is 0 Å². The lowest BCUT2D eigenvalue weighted by molar-refractivity contribution is -0.104. The zero-order valence-electron chi connectivity index (χ0n) is 10.4. The summed E-state index contributed by atoms with van der Waals surface area (Å²) < 4.78 is 0. The summed E-state index contributed by atoms with van der Waals surface area (Å²) in [7, 11) is 0. The molecule has 0 fully saturated rings. The van der Waals surface area contributed by atoms with E-state index in [-0.39, 0.29) is 0 Å². The highest BCUT2D eigenvalue weighted by Gasteiger charge is 2.13. The number of ketones is 1. The molecular weight excluding hydrogens is 238 g/mol. The Morgan fingerprint density at radius 3 is 2.58 bits per heavy atom. The molecule has 3 aromatic rings. The molecule has 92 valence electrons. The van der Waals surface area contributed by atoms with Crippen molar-refractivity contribution in [3.63, 3.8) is 0 Å². The van der Waals surface area contributed by atoms with Crippen LogP contribution >= 0.6 is 0 Å². The molecule has 0 bridgehead atoms. The van der Waals surface area contributed by atoms with Gasteiger partial charge in [0.25, 0.3) is 0 Å². The van der Waals surface area contributed by atoms with Crippen molar-refractivity contribution in [2.24, 2.45) is 0 Å². The first kappa shape index (κ1) is 11.5. The van der Waals surface area contributed by atoms with E-state index < -0.39 is 5.78 Å². The zero-order valence-corrected chi connectivity index (χ0v) is 10.4. The van der Waals surface area contributed by atoms with Gasteiger partial charge in [0.1, 0.15) is 0 Å². The summed E-state index contributed by atoms with van der Waals surface area (Å²) in [5.41, 5.74) is 2.86. The van der Waals surface area contributed by atoms with E-state index in [9.17, 15) is 9.59 Å².